The molecule has 0 radical (unpaired) electrons. The Morgan fingerprint density at radius 2 is 1.69 bits per heavy atom. The molecule has 2 aromatic rings. The molecule has 1 aliphatic carbocycles. The topological polar surface area (TPSA) is 50.1 Å². The monoisotopic (exact) mass is 347 g/mol. The maximum Gasteiger partial charge on any atom is 0.343 e. The van der Waals surface area contributed by atoms with Crippen molar-refractivity contribution in [2.75, 3.05) is 0 Å². The van der Waals surface area contributed by atoms with Gasteiger partial charge in [0.1, 0.15) is 5.75 Å². The van der Waals surface area contributed by atoms with E-state index in [2.05, 4.69) is 19.1 Å². The fourth-order valence-electron chi connectivity index (χ4n) is 3.85. The van der Waals surface area contributed by atoms with Crippen LogP contribution in [0.15, 0.2) is 48.5 Å². The van der Waals surface area contributed by atoms with Gasteiger partial charge in [-0.1, -0.05) is 31.9 Å². The number of ether oxygens (including phenoxy) is 1. The zero-order chi connectivity index (χ0) is 18.4. The predicted octanol–water partition coefficient (Wildman–Crippen LogP) is 5.85. The van der Waals surface area contributed by atoms with Crippen LogP contribution in [-0.2, 0) is 0 Å². The summed E-state index contributed by atoms with van der Waals surface area (Å²) in [4.78, 5) is 12.2. The molecule has 0 N–H and O–H groups in total. The van der Waals surface area contributed by atoms with Gasteiger partial charge in [0.25, 0.3) is 0 Å². The molecule has 0 aromatic heterocycles. The Bertz CT molecular complexity index is 763. The van der Waals surface area contributed by atoms with Crippen molar-refractivity contribution >= 4 is 5.97 Å². The minimum Gasteiger partial charge on any atom is -0.423 e. The van der Waals surface area contributed by atoms with E-state index in [0.29, 0.717) is 22.8 Å². The van der Waals surface area contributed by atoms with Crippen molar-refractivity contribution in [3.05, 3.63) is 65.2 Å². The average Bonchev–Trinajstić information content (AvgIpc) is 2.69. The highest BCUT2D eigenvalue weighted by molar-refractivity contribution is 5.91. The molecule has 0 heterocycles. The summed E-state index contributed by atoms with van der Waals surface area (Å²) in [5, 5.41) is 8.81. The van der Waals surface area contributed by atoms with Gasteiger partial charge < -0.3 is 4.74 Å². The van der Waals surface area contributed by atoms with Crippen molar-refractivity contribution < 1.29 is 9.53 Å². The molecule has 3 nitrogen and oxygen atoms in total. The van der Waals surface area contributed by atoms with Gasteiger partial charge in [-0.3, -0.25) is 0 Å². The number of nitriles is 1. The summed E-state index contributed by atoms with van der Waals surface area (Å²) >= 11 is 0. The molecule has 2 aromatic carbocycles. The van der Waals surface area contributed by atoms with Gasteiger partial charge in [-0.05, 0) is 79.5 Å². The molecule has 0 spiro atoms. The molecule has 0 atom stereocenters. The van der Waals surface area contributed by atoms with Gasteiger partial charge in [0.05, 0.1) is 17.2 Å². The molecular weight excluding hydrogens is 322 g/mol. The van der Waals surface area contributed by atoms with E-state index in [9.17, 15) is 4.79 Å². The molecule has 0 unspecified atom stereocenters. The zero-order valence-electron chi connectivity index (χ0n) is 15.3. The first-order valence-corrected chi connectivity index (χ1v) is 9.52. The number of nitrogens with zero attached hydrogens (tertiary/aromatic N) is 1. The molecule has 0 saturated heterocycles. The summed E-state index contributed by atoms with van der Waals surface area (Å²) in [5.41, 5.74) is 2.32. The third-order valence-electron chi connectivity index (χ3n) is 5.36. The molecule has 0 amide bonds. The lowest BCUT2D eigenvalue weighted by atomic mass is 9.77. The van der Waals surface area contributed by atoms with Crippen LogP contribution in [0.3, 0.4) is 0 Å². The summed E-state index contributed by atoms with van der Waals surface area (Å²) in [7, 11) is 0. The lowest BCUT2D eigenvalue weighted by Crippen LogP contribution is -2.13. The van der Waals surface area contributed by atoms with E-state index in [-0.39, 0.29) is 0 Å². The maximum absolute atomic E-state index is 12.2. The van der Waals surface area contributed by atoms with Crippen LogP contribution in [0.5, 0.6) is 5.75 Å². The van der Waals surface area contributed by atoms with Crippen LogP contribution in [0.2, 0.25) is 0 Å². The van der Waals surface area contributed by atoms with Crippen molar-refractivity contribution in [2.24, 2.45) is 5.92 Å². The minimum absolute atomic E-state index is 0.401. The number of benzene rings is 2. The van der Waals surface area contributed by atoms with E-state index in [1.54, 1.807) is 24.3 Å². The van der Waals surface area contributed by atoms with Crippen LogP contribution in [0.1, 0.15) is 72.9 Å². The first-order valence-electron chi connectivity index (χ1n) is 9.52. The molecule has 3 heteroatoms. The Morgan fingerprint density at radius 1 is 1.04 bits per heavy atom. The number of carbonyl (C=O) groups is 1. The Morgan fingerprint density at radius 3 is 2.27 bits per heavy atom. The Labute approximate surface area is 155 Å². The Kier molecular flexibility index (Phi) is 6.07. The van der Waals surface area contributed by atoms with Gasteiger partial charge >= 0.3 is 5.97 Å². The van der Waals surface area contributed by atoms with Crippen LogP contribution in [-0.4, -0.2) is 5.97 Å². The number of rotatable bonds is 5. The summed E-state index contributed by atoms with van der Waals surface area (Å²) in [6, 6.07) is 16.5. The number of carbonyl (C=O) groups excluding carboxylic acids is 1. The molecule has 26 heavy (non-hydrogen) atoms. The lowest BCUT2D eigenvalue weighted by Gasteiger charge is -2.28. The van der Waals surface area contributed by atoms with Crippen molar-refractivity contribution in [3.63, 3.8) is 0 Å². The van der Waals surface area contributed by atoms with Gasteiger partial charge in [-0.25, -0.2) is 4.79 Å². The van der Waals surface area contributed by atoms with Gasteiger partial charge in [-0.2, -0.15) is 5.26 Å². The highest BCUT2D eigenvalue weighted by Crippen LogP contribution is 2.37. The van der Waals surface area contributed by atoms with Crippen LogP contribution in [0, 0.1) is 17.2 Å². The van der Waals surface area contributed by atoms with E-state index in [0.717, 1.165) is 5.92 Å². The Balaban J connectivity index is 1.57. The SMILES string of the molecule is CCCC1CCC(c2ccc(OC(=O)c3ccc(C#N)cc3)cc2)CC1. The average molecular weight is 347 g/mol. The van der Waals surface area contributed by atoms with Gasteiger partial charge in [-0.15, -0.1) is 0 Å². The summed E-state index contributed by atoms with van der Waals surface area (Å²) in [6.45, 7) is 2.27. The highest BCUT2D eigenvalue weighted by atomic mass is 16.5. The van der Waals surface area contributed by atoms with E-state index in [4.69, 9.17) is 10.00 Å². The number of hydrogen-bond donors (Lipinski definition) is 0. The van der Waals surface area contributed by atoms with Crippen molar-refractivity contribution in [1.82, 2.24) is 0 Å². The normalized spacial score (nSPS) is 19.5. The minimum atomic E-state index is -0.401. The number of hydrogen-bond acceptors (Lipinski definition) is 3. The fraction of sp³-hybridized carbons (Fsp3) is 0.391. The molecule has 1 saturated carbocycles. The van der Waals surface area contributed by atoms with Crippen molar-refractivity contribution in [2.45, 2.75) is 51.4 Å². The van der Waals surface area contributed by atoms with Gasteiger partial charge in [0.15, 0.2) is 0 Å². The second-order valence-corrected chi connectivity index (χ2v) is 7.15. The Hall–Kier alpha value is -2.60. The summed E-state index contributed by atoms with van der Waals surface area (Å²) in [5.74, 6) is 1.69. The van der Waals surface area contributed by atoms with E-state index in [1.807, 2.05) is 18.2 Å². The molecule has 0 bridgehead atoms. The molecule has 0 aliphatic heterocycles. The second kappa shape index (κ2) is 8.67. The van der Waals surface area contributed by atoms with E-state index in [1.165, 1.54) is 44.1 Å². The second-order valence-electron chi connectivity index (χ2n) is 7.15. The van der Waals surface area contributed by atoms with E-state index < -0.39 is 5.97 Å². The standard InChI is InChI=1S/C23H25NO2/c1-2-3-17-4-8-19(9-5-17)20-12-14-22(15-13-20)26-23(25)21-10-6-18(16-24)7-11-21/h6-7,10-15,17,19H,2-5,8-9H2,1H3. The molecule has 134 valence electrons. The molecule has 3 rings (SSSR count). The third-order valence-corrected chi connectivity index (χ3v) is 5.36. The van der Waals surface area contributed by atoms with Gasteiger partial charge in [0.2, 0.25) is 0 Å². The first kappa shape index (κ1) is 18.2. The fourth-order valence-corrected chi connectivity index (χ4v) is 3.85. The molecule has 1 aliphatic rings. The summed E-state index contributed by atoms with van der Waals surface area (Å²) in [6.07, 6.45) is 7.82. The quantitative estimate of drug-likeness (QED) is 0.503. The summed E-state index contributed by atoms with van der Waals surface area (Å²) < 4.78 is 5.44. The van der Waals surface area contributed by atoms with Crippen LogP contribution in [0.25, 0.3) is 0 Å². The third kappa shape index (κ3) is 4.52. The lowest BCUT2D eigenvalue weighted by molar-refractivity contribution is 0.0734. The maximum atomic E-state index is 12.2. The van der Waals surface area contributed by atoms with Crippen LogP contribution < -0.4 is 4.74 Å². The largest absolute Gasteiger partial charge is 0.423 e. The molecule has 1 fully saturated rings. The van der Waals surface area contributed by atoms with Crippen LogP contribution >= 0.6 is 0 Å². The first-order chi connectivity index (χ1) is 12.7. The predicted molar refractivity (Wildman–Crippen MR) is 102 cm³/mol. The van der Waals surface area contributed by atoms with E-state index >= 15 is 0 Å². The van der Waals surface area contributed by atoms with Crippen molar-refractivity contribution in [3.8, 4) is 11.8 Å². The number of esters is 1. The molecular formula is C23H25NO2. The smallest absolute Gasteiger partial charge is 0.343 e. The van der Waals surface area contributed by atoms with Crippen LogP contribution in [0.4, 0.5) is 0 Å². The highest BCUT2D eigenvalue weighted by Gasteiger charge is 2.21. The van der Waals surface area contributed by atoms with Crippen molar-refractivity contribution in [1.29, 1.82) is 5.26 Å². The van der Waals surface area contributed by atoms with Gasteiger partial charge in [0, 0.05) is 0 Å². The zero-order valence-corrected chi connectivity index (χ0v) is 15.3.